The average Bonchev–Trinajstić information content (AvgIpc) is 3.14. The Balaban J connectivity index is 1.75. The highest BCUT2D eigenvalue weighted by Crippen LogP contribution is 2.29. The third-order valence-corrected chi connectivity index (χ3v) is 6.76. The molecule has 0 bridgehead atoms. The molecule has 0 aliphatic heterocycles. The van der Waals surface area contributed by atoms with Crippen LogP contribution in [0.3, 0.4) is 0 Å². The van der Waals surface area contributed by atoms with Crippen molar-refractivity contribution in [2.75, 3.05) is 6.61 Å². The predicted octanol–water partition coefficient (Wildman–Crippen LogP) is 5.28. The van der Waals surface area contributed by atoms with Crippen LogP contribution in [0.2, 0.25) is 5.02 Å². The number of hydrogen-bond donors (Lipinski definition) is 2. The van der Waals surface area contributed by atoms with Gasteiger partial charge in [0.1, 0.15) is 4.83 Å². The molecule has 1 amide bonds. The van der Waals surface area contributed by atoms with Crippen LogP contribution in [0.15, 0.2) is 36.5 Å². The van der Waals surface area contributed by atoms with Gasteiger partial charge in [0.05, 0.1) is 10.9 Å². The Hall–Kier alpha value is -1.73. The predicted molar refractivity (Wildman–Crippen MR) is 123 cm³/mol. The standard InChI is InChI=1S/C22H25ClN2O2S2/c1-2-25-14-16(11-20(27)24-13-15-6-8-17(23)9-7-15)21(28)19-12-18(29-22(19)25)5-3-4-10-26/h6-9,12,14,26H,2-5,10-11,13H2,1H3,(H,24,27). The number of carbonyl (C=O) groups excluding carboxylic acids is 1. The third kappa shape index (κ3) is 5.66. The molecule has 29 heavy (non-hydrogen) atoms. The number of nitrogens with zero attached hydrogens (tertiary/aromatic N) is 1. The number of aliphatic hydroxyl groups is 1. The second-order valence-corrected chi connectivity index (χ2v) is 8.92. The Morgan fingerprint density at radius 3 is 2.72 bits per heavy atom. The molecular weight excluding hydrogens is 424 g/mol. The van der Waals surface area contributed by atoms with Crippen LogP contribution in [-0.2, 0) is 30.7 Å². The molecule has 2 aromatic heterocycles. The van der Waals surface area contributed by atoms with Gasteiger partial charge in [0.2, 0.25) is 5.91 Å². The number of hydrogen-bond acceptors (Lipinski definition) is 4. The minimum Gasteiger partial charge on any atom is -0.396 e. The van der Waals surface area contributed by atoms with Crippen molar-refractivity contribution in [2.24, 2.45) is 0 Å². The van der Waals surface area contributed by atoms with Crippen LogP contribution < -0.4 is 5.32 Å². The maximum absolute atomic E-state index is 12.5. The number of rotatable bonds is 9. The lowest BCUT2D eigenvalue weighted by atomic mass is 10.1. The van der Waals surface area contributed by atoms with Gasteiger partial charge in [0, 0.05) is 41.2 Å². The van der Waals surface area contributed by atoms with Gasteiger partial charge in [-0.05, 0) is 55.5 Å². The fourth-order valence-electron chi connectivity index (χ4n) is 3.22. The summed E-state index contributed by atoms with van der Waals surface area (Å²) in [4.78, 5) is 14.9. The Labute approximate surface area is 185 Å². The summed E-state index contributed by atoms with van der Waals surface area (Å²) in [6, 6.07) is 9.60. The maximum atomic E-state index is 12.5. The van der Waals surface area contributed by atoms with E-state index in [1.54, 1.807) is 11.3 Å². The lowest BCUT2D eigenvalue weighted by Gasteiger charge is -2.10. The van der Waals surface area contributed by atoms with Crippen molar-refractivity contribution in [3.05, 3.63) is 62.1 Å². The summed E-state index contributed by atoms with van der Waals surface area (Å²) in [5.74, 6) is -0.0496. The molecule has 154 valence electrons. The number of benzene rings is 1. The van der Waals surface area contributed by atoms with Gasteiger partial charge in [0.25, 0.3) is 0 Å². The normalized spacial score (nSPS) is 11.1. The number of amides is 1. The number of aliphatic hydroxyl groups excluding tert-OH is 1. The first-order valence-corrected chi connectivity index (χ1v) is 11.4. The van der Waals surface area contributed by atoms with Crippen molar-refractivity contribution in [1.29, 1.82) is 0 Å². The molecule has 7 heteroatoms. The molecule has 0 saturated heterocycles. The van der Waals surface area contributed by atoms with Gasteiger partial charge < -0.3 is 15.0 Å². The SMILES string of the molecule is CCn1cc(CC(=O)NCc2ccc(Cl)cc2)c(=S)c2cc(CCCCO)sc21. The lowest BCUT2D eigenvalue weighted by Crippen LogP contribution is -2.24. The second-order valence-electron chi connectivity index (χ2n) is 6.96. The molecule has 0 radical (unpaired) electrons. The molecule has 0 saturated carbocycles. The second kappa shape index (κ2) is 10.3. The molecule has 3 aromatic rings. The van der Waals surface area contributed by atoms with Gasteiger partial charge in [0.15, 0.2) is 0 Å². The third-order valence-electron chi connectivity index (χ3n) is 4.80. The molecule has 2 heterocycles. The van der Waals surface area contributed by atoms with Crippen LogP contribution in [0.1, 0.15) is 35.8 Å². The van der Waals surface area contributed by atoms with E-state index >= 15 is 0 Å². The van der Waals surface area contributed by atoms with Gasteiger partial charge >= 0.3 is 0 Å². The smallest absolute Gasteiger partial charge is 0.224 e. The molecule has 2 N–H and O–H groups in total. The summed E-state index contributed by atoms with van der Waals surface area (Å²) < 4.78 is 2.93. The molecule has 0 aliphatic rings. The number of nitrogens with one attached hydrogen (secondary N) is 1. The summed E-state index contributed by atoms with van der Waals surface area (Å²) in [5, 5.41) is 13.7. The number of aryl methyl sites for hydroxylation is 2. The molecule has 3 rings (SSSR count). The molecule has 0 aliphatic carbocycles. The van der Waals surface area contributed by atoms with Crippen LogP contribution in [0.4, 0.5) is 0 Å². The summed E-state index contributed by atoms with van der Waals surface area (Å²) >= 11 is 13.4. The Morgan fingerprint density at radius 1 is 1.28 bits per heavy atom. The summed E-state index contributed by atoms with van der Waals surface area (Å²) in [6.45, 7) is 3.60. The first-order chi connectivity index (χ1) is 14.0. The Bertz CT molecular complexity index is 1040. The van der Waals surface area contributed by atoms with Crippen LogP contribution >= 0.6 is 35.2 Å². The van der Waals surface area contributed by atoms with Crippen LogP contribution in [0, 0.1) is 4.51 Å². The Morgan fingerprint density at radius 2 is 2.03 bits per heavy atom. The zero-order chi connectivity index (χ0) is 20.8. The van der Waals surface area contributed by atoms with E-state index in [-0.39, 0.29) is 18.9 Å². The Kier molecular flexibility index (Phi) is 7.84. The van der Waals surface area contributed by atoms with Crippen molar-refractivity contribution in [2.45, 2.75) is 45.7 Å². The van der Waals surface area contributed by atoms with Crippen molar-refractivity contribution in [3.63, 3.8) is 0 Å². The number of unbranched alkanes of at least 4 members (excludes halogenated alkanes) is 1. The molecule has 0 atom stereocenters. The topological polar surface area (TPSA) is 54.3 Å². The van der Waals surface area contributed by atoms with E-state index in [9.17, 15) is 4.79 Å². The molecule has 1 aromatic carbocycles. The van der Waals surface area contributed by atoms with E-state index in [0.29, 0.717) is 11.6 Å². The molecule has 4 nitrogen and oxygen atoms in total. The lowest BCUT2D eigenvalue weighted by molar-refractivity contribution is -0.120. The highest BCUT2D eigenvalue weighted by Gasteiger charge is 2.13. The zero-order valence-electron chi connectivity index (χ0n) is 16.4. The van der Waals surface area contributed by atoms with Gasteiger partial charge in [-0.15, -0.1) is 11.3 Å². The summed E-state index contributed by atoms with van der Waals surface area (Å²) in [7, 11) is 0. The van der Waals surface area contributed by atoms with Crippen LogP contribution in [-0.4, -0.2) is 22.2 Å². The van der Waals surface area contributed by atoms with Crippen LogP contribution in [0.5, 0.6) is 0 Å². The summed E-state index contributed by atoms with van der Waals surface area (Å²) in [6.07, 6.45) is 4.98. The molecule has 0 unspecified atom stereocenters. The first-order valence-electron chi connectivity index (χ1n) is 9.78. The van der Waals surface area contributed by atoms with Gasteiger partial charge in [-0.25, -0.2) is 0 Å². The van der Waals surface area contributed by atoms with E-state index in [0.717, 1.165) is 51.7 Å². The quantitative estimate of drug-likeness (QED) is 0.346. The number of carbonyl (C=O) groups is 1. The number of halogens is 1. The van der Waals surface area contributed by atoms with Gasteiger partial charge in [-0.2, -0.15) is 0 Å². The van der Waals surface area contributed by atoms with Crippen molar-refractivity contribution in [1.82, 2.24) is 9.88 Å². The van der Waals surface area contributed by atoms with Crippen molar-refractivity contribution in [3.8, 4) is 0 Å². The summed E-state index contributed by atoms with van der Waals surface area (Å²) in [5.41, 5.74) is 1.88. The zero-order valence-corrected chi connectivity index (χ0v) is 18.8. The molecular formula is C22H25ClN2O2S2. The number of fused-ring (bicyclic) bond motifs is 1. The average molecular weight is 449 g/mol. The maximum Gasteiger partial charge on any atom is 0.224 e. The molecule has 0 spiro atoms. The van der Waals surface area contributed by atoms with E-state index in [4.69, 9.17) is 28.9 Å². The number of thiophene rings is 1. The van der Waals surface area contributed by atoms with Gasteiger partial charge in [-0.3, -0.25) is 4.79 Å². The van der Waals surface area contributed by atoms with Gasteiger partial charge in [-0.1, -0.05) is 36.0 Å². The minimum absolute atomic E-state index is 0.0496. The van der Waals surface area contributed by atoms with E-state index in [1.807, 2.05) is 30.5 Å². The highest BCUT2D eigenvalue weighted by atomic mass is 35.5. The van der Waals surface area contributed by atoms with E-state index in [2.05, 4.69) is 22.9 Å². The number of aromatic nitrogens is 1. The van der Waals surface area contributed by atoms with E-state index < -0.39 is 0 Å². The molecule has 0 fully saturated rings. The monoisotopic (exact) mass is 448 g/mol. The number of pyridine rings is 1. The first kappa shape index (κ1) is 22.0. The fourth-order valence-corrected chi connectivity index (χ4v) is 4.93. The largest absolute Gasteiger partial charge is 0.396 e. The van der Waals surface area contributed by atoms with Crippen molar-refractivity contribution >= 4 is 51.3 Å². The van der Waals surface area contributed by atoms with E-state index in [1.165, 1.54) is 4.88 Å². The van der Waals surface area contributed by atoms with Crippen LogP contribution in [0.25, 0.3) is 10.2 Å². The fraction of sp³-hybridized carbons (Fsp3) is 0.364. The van der Waals surface area contributed by atoms with Crippen molar-refractivity contribution < 1.29 is 9.90 Å². The minimum atomic E-state index is -0.0496. The highest BCUT2D eigenvalue weighted by molar-refractivity contribution is 7.71.